The average Bonchev–Trinajstić information content (AvgIpc) is 3.39. The molecule has 7 nitrogen and oxygen atoms in total. The molecule has 45 heavy (non-hydrogen) atoms. The highest BCUT2D eigenvalue weighted by molar-refractivity contribution is 5.33. The first-order valence-electron chi connectivity index (χ1n) is 18.1. The largest absolute Gasteiger partial charge is 0.377 e. The van der Waals surface area contributed by atoms with Crippen LogP contribution in [0.5, 0.6) is 0 Å². The fraction of sp³-hybridized carbons (Fsp3) is 0.789. The average molecular weight is 623 g/mol. The van der Waals surface area contributed by atoms with Gasteiger partial charge in [-0.3, -0.25) is 4.90 Å². The van der Waals surface area contributed by atoms with Crippen molar-refractivity contribution < 1.29 is 14.2 Å². The molecular formula is C38H62N4O3. The second-order valence-corrected chi connectivity index (χ2v) is 15.8. The van der Waals surface area contributed by atoms with Crippen LogP contribution >= 0.6 is 0 Å². The first-order chi connectivity index (χ1) is 21.7. The molecule has 0 spiro atoms. The monoisotopic (exact) mass is 622 g/mol. The molecule has 1 aromatic rings. The van der Waals surface area contributed by atoms with Crippen molar-refractivity contribution >= 4 is 0 Å². The van der Waals surface area contributed by atoms with Gasteiger partial charge in [0.25, 0.3) is 0 Å². The highest BCUT2D eigenvalue weighted by atomic mass is 16.5. The molecule has 10 atom stereocenters. The van der Waals surface area contributed by atoms with Gasteiger partial charge in [-0.25, -0.2) is 0 Å². The Bertz CT molecular complexity index is 1110. The van der Waals surface area contributed by atoms with Crippen molar-refractivity contribution in [3.8, 4) is 0 Å². The maximum atomic E-state index is 6.94. The van der Waals surface area contributed by atoms with Gasteiger partial charge in [0.15, 0.2) is 0 Å². The summed E-state index contributed by atoms with van der Waals surface area (Å²) in [5, 5.41) is 0. The smallest absolute Gasteiger partial charge is 0.0649 e. The van der Waals surface area contributed by atoms with Crippen LogP contribution in [0.4, 0.5) is 0 Å². The Kier molecular flexibility index (Phi) is 10.4. The van der Waals surface area contributed by atoms with Crippen molar-refractivity contribution in [2.24, 2.45) is 51.2 Å². The Morgan fingerprint density at radius 3 is 2.20 bits per heavy atom. The minimum atomic E-state index is 0.0572. The molecule has 6 N–H and O–H groups in total. The van der Waals surface area contributed by atoms with Gasteiger partial charge in [0, 0.05) is 43.6 Å². The zero-order valence-corrected chi connectivity index (χ0v) is 28.6. The van der Waals surface area contributed by atoms with Crippen molar-refractivity contribution in [2.45, 2.75) is 109 Å². The third-order valence-corrected chi connectivity index (χ3v) is 13.7. The van der Waals surface area contributed by atoms with Crippen molar-refractivity contribution in [2.75, 3.05) is 46.5 Å². The third-order valence-electron chi connectivity index (χ3n) is 13.7. The maximum Gasteiger partial charge on any atom is 0.0649 e. The van der Waals surface area contributed by atoms with E-state index >= 15 is 0 Å². The lowest BCUT2D eigenvalue weighted by Crippen LogP contribution is -2.65. The van der Waals surface area contributed by atoms with Gasteiger partial charge in [0.05, 0.1) is 38.1 Å². The number of hydrogen-bond donors (Lipinski definition) is 3. The number of ether oxygens (including phenoxy) is 3. The number of rotatable bonds is 13. The standard InChI is InChI=1S/C38H62N4O3/c1-36-14-12-28(43-19-16-39)22-27(36)23-31(44-20-17-40)35-29-10-11-32(38(29,3)34(24-30(35)36)45-21-18-41)37(2)15-13-33(37)42(4)25-26-8-6-5-7-9-26/h5-9,28-34H,10-25,39-41H2,1-4H3/t28-,29-,30-,31+,32+,33?,34-,36-,37+,38-/m0/s1. The van der Waals surface area contributed by atoms with Crippen molar-refractivity contribution in [3.63, 3.8) is 0 Å². The fourth-order valence-corrected chi connectivity index (χ4v) is 11.5. The van der Waals surface area contributed by atoms with Gasteiger partial charge in [0.1, 0.15) is 0 Å². The molecule has 7 heteroatoms. The molecule has 5 saturated carbocycles. The second kappa shape index (κ2) is 13.8. The van der Waals surface area contributed by atoms with E-state index in [-0.39, 0.29) is 34.6 Å². The van der Waals surface area contributed by atoms with E-state index in [2.05, 4.69) is 63.1 Å². The SMILES string of the molecule is CN(Cc1ccccc1)C1CC[C@]1(C)[C@H]1CC[C@H]2[C]3[C@H](OCCN)C[C]4C[C@@H](OCCN)CC[C@]4(C)[C@H]3C[C@H](OCCN)[C@@]21C. The second-order valence-electron chi connectivity index (χ2n) is 15.8. The molecule has 0 amide bonds. The van der Waals surface area contributed by atoms with E-state index in [0.29, 0.717) is 63.3 Å². The first kappa shape index (κ1) is 33.8. The van der Waals surface area contributed by atoms with E-state index in [1.807, 2.05) is 0 Å². The quantitative estimate of drug-likeness (QED) is 0.280. The van der Waals surface area contributed by atoms with Crippen LogP contribution < -0.4 is 17.2 Å². The Balaban J connectivity index is 1.30. The topological polar surface area (TPSA) is 109 Å². The molecule has 5 aliphatic rings. The van der Waals surface area contributed by atoms with E-state index < -0.39 is 0 Å². The Morgan fingerprint density at radius 2 is 1.51 bits per heavy atom. The predicted molar refractivity (Wildman–Crippen MR) is 181 cm³/mol. The Labute approximate surface area is 273 Å². The van der Waals surface area contributed by atoms with Crippen LogP contribution in [0.25, 0.3) is 0 Å². The number of nitrogens with two attached hydrogens (primary N) is 3. The first-order valence-corrected chi connectivity index (χ1v) is 18.1. The van der Waals surface area contributed by atoms with Crippen molar-refractivity contribution in [3.05, 3.63) is 47.7 Å². The summed E-state index contributed by atoms with van der Waals surface area (Å²) in [6.07, 6.45) is 11.0. The minimum absolute atomic E-state index is 0.0572. The predicted octanol–water partition coefficient (Wildman–Crippen LogP) is 5.11. The third kappa shape index (κ3) is 5.95. The van der Waals surface area contributed by atoms with Crippen LogP contribution in [-0.4, -0.2) is 75.8 Å². The number of nitrogens with zero attached hydrogens (tertiary/aromatic N) is 1. The molecule has 1 unspecified atom stereocenters. The summed E-state index contributed by atoms with van der Waals surface area (Å²) in [5.74, 6) is 4.89. The van der Waals surface area contributed by atoms with Crippen LogP contribution in [0, 0.1) is 45.8 Å². The molecular weight excluding hydrogens is 560 g/mol. The van der Waals surface area contributed by atoms with Crippen LogP contribution in [0.1, 0.15) is 84.1 Å². The van der Waals surface area contributed by atoms with Crippen LogP contribution in [-0.2, 0) is 20.8 Å². The highest BCUT2D eigenvalue weighted by Gasteiger charge is 2.70. The fourth-order valence-electron chi connectivity index (χ4n) is 11.5. The van der Waals surface area contributed by atoms with E-state index in [4.69, 9.17) is 31.4 Å². The molecule has 0 heterocycles. The summed E-state index contributed by atoms with van der Waals surface area (Å²) >= 11 is 0. The number of benzene rings is 1. The summed E-state index contributed by atoms with van der Waals surface area (Å²) in [4.78, 5) is 2.64. The molecule has 0 saturated heterocycles. The molecule has 252 valence electrons. The molecule has 6 rings (SSSR count). The molecule has 5 aliphatic carbocycles. The molecule has 0 bridgehead atoms. The zero-order chi connectivity index (χ0) is 31.8. The van der Waals surface area contributed by atoms with E-state index in [0.717, 1.165) is 38.6 Å². The van der Waals surface area contributed by atoms with Crippen LogP contribution in [0.3, 0.4) is 0 Å². The minimum Gasteiger partial charge on any atom is -0.377 e. The van der Waals surface area contributed by atoms with Crippen LogP contribution in [0.15, 0.2) is 30.3 Å². The Hall–Kier alpha value is -1.06. The summed E-state index contributed by atoms with van der Waals surface area (Å²) in [7, 11) is 2.35. The highest BCUT2D eigenvalue weighted by Crippen LogP contribution is 2.73. The normalized spacial score (nSPS) is 41.8. The van der Waals surface area contributed by atoms with Gasteiger partial charge in [-0.15, -0.1) is 0 Å². The molecule has 2 radical (unpaired) electrons. The molecule has 0 aromatic heterocycles. The maximum absolute atomic E-state index is 6.94. The van der Waals surface area contributed by atoms with Gasteiger partial charge in [-0.1, -0.05) is 51.1 Å². The van der Waals surface area contributed by atoms with Crippen molar-refractivity contribution in [1.29, 1.82) is 0 Å². The summed E-state index contributed by atoms with van der Waals surface area (Å²) in [6, 6.07) is 11.6. The van der Waals surface area contributed by atoms with E-state index in [9.17, 15) is 0 Å². The summed E-state index contributed by atoms with van der Waals surface area (Å²) in [6.45, 7) is 12.4. The van der Waals surface area contributed by atoms with Crippen molar-refractivity contribution in [1.82, 2.24) is 4.90 Å². The summed E-state index contributed by atoms with van der Waals surface area (Å²) < 4.78 is 19.9. The van der Waals surface area contributed by atoms with Gasteiger partial charge in [-0.2, -0.15) is 0 Å². The molecule has 1 aromatic carbocycles. The van der Waals surface area contributed by atoms with Gasteiger partial charge >= 0.3 is 0 Å². The van der Waals surface area contributed by atoms with Crippen LogP contribution in [0.2, 0.25) is 0 Å². The number of hydrogen-bond acceptors (Lipinski definition) is 7. The summed E-state index contributed by atoms with van der Waals surface area (Å²) in [5.41, 5.74) is 19.8. The van der Waals surface area contributed by atoms with Gasteiger partial charge in [0.2, 0.25) is 0 Å². The van der Waals surface area contributed by atoms with E-state index in [1.165, 1.54) is 31.2 Å². The lowest BCUT2D eigenvalue weighted by atomic mass is 9.41. The molecule has 5 fully saturated rings. The molecule has 0 aliphatic heterocycles. The van der Waals surface area contributed by atoms with E-state index in [1.54, 1.807) is 11.8 Å². The lowest BCUT2D eigenvalue weighted by molar-refractivity contribution is -0.179. The Morgan fingerprint density at radius 1 is 0.800 bits per heavy atom. The van der Waals surface area contributed by atoms with Gasteiger partial charge in [-0.05, 0) is 105 Å². The lowest BCUT2D eigenvalue weighted by Gasteiger charge is -2.66. The van der Waals surface area contributed by atoms with Gasteiger partial charge < -0.3 is 31.4 Å². The number of fused-ring (bicyclic) bond motifs is 5. The zero-order valence-electron chi connectivity index (χ0n) is 28.6.